The second-order valence-electron chi connectivity index (χ2n) is 5.96. The standard InChI is InChI=1S/C18H23N3O2S/c1-13-8-9-17(10-14(13)2)21-18(19)20-11-15-6-4-5-7-16(15)12-24(3,22)23/h4-10H,11-12H2,1-3H3,(H3,19,20,21). The van der Waals surface area contributed by atoms with Gasteiger partial charge in [-0.3, -0.25) is 0 Å². The lowest BCUT2D eigenvalue weighted by Crippen LogP contribution is -2.22. The van der Waals surface area contributed by atoms with Crippen molar-refractivity contribution >= 4 is 21.5 Å². The zero-order valence-electron chi connectivity index (χ0n) is 14.2. The van der Waals surface area contributed by atoms with Gasteiger partial charge in [0.15, 0.2) is 15.8 Å². The zero-order valence-corrected chi connectivity index (χ0v) is 15.0. The molecule has 2 aromatic carbocycles. The fourth-order valence-electron chi connectivity index (χ4n) is 2.31. The number of nitrogens with one attached hydrogen (secondary N) is 1. The van der Waals surface area contributed by atoms with Crippen molar-refractivity contribution < 1.29 is 8.42 Å². The Morgan fingerprint density at radius 1 is 1.08 bits per heavy atom. The van der Waals surface area contributed by atoms with Crippen LogP contribution in [0.3, 0.4) is 0 Å². The van der Waals surface area contributed by atoms with Crippen LogP contribution in [0, 0.1) is 13.8 Å². The van der Waals surface area contributed by atoms with Crippen LogP contribution in [0.2, 0.25) is 0 Å². The molecule has 0 bridgehead atoms. The molecule has 3 N–H and O–H groups in total. The van der Waals surface area contributed by atoms with Crippen molar-refractivity contribution in [2.45, 2.75) is 26.1 Å². The van der Waals surface area contributed by atoms with E-state index in [0.717, 1.165) is 16.8 Å². The fourth-order valence-corrected chi connectivity index (χ4v) is 3.16. The molecule has 5 nitrogen and oxygen atoms in total. The van der Waals surface area contributed by atoms with Crippen molar-refractivity contribution in [3.8, 4) is 0 Å². The third kappa shape index (κ3) is 5.38. The Balaban J connectivity index is 2.11. The maximum atomic E-state index is 11.5. The van der Waals surface area contributed by atoms with Gasteiger partial charge in [0.25, 0.3) is 0 Å². The molecule has 0 aliphatic carbocycles. The Morgan fingerprint density at radius 2 is 1.75 bits per heavy atom. The number of nitrogens with zero attached hydrogens (tertiary/aromatic N) is 1. The summed E-state index contributed by atoms with van der Waals surface area (Å²) < 4.78 is 23.0. The van der Waals surface area contributed by atoms with E-state index in [0.29, 0.717) is 12.5 Å². The largest absolute Gasteiger partial charge is 0.370 e. The summed E-state index contributed by atoms with van der Waals surface area (Å²) in [7, 11) is -3.09. The number of nitrogens with two attached hydrogens (primary N) is 1. The van der Waals surface area contributed by atoms with E-state index >= 15 is 0 Å². The lowest BCUT2D eigenvalue weighted by Gasteiger charge is -2.09. The van der Waals surface area contributed by atoms with E-state index in [1.807, 2.05) is 43.3 Å². The van der Waals surface area contributed by atoms with E-state index < -0.39 is 9.84 Å². The monoisotopic (exact) mass is 345 g/mol. The highest BCUT2D eigenvalue weighted by atomic mass is 32.2. The molecule has 128 valence electrons. The minimum atomic E-state index is -3.09. The van der Waals surface area contributed by atoms with E-state index in [1.54, 1.807) is 6.07 Å². The highest BCUT2D eigenvalue weighted by molar-refractivity contribution is 7.89. The van der Waals surface area contributed by atoms with Crippen molar-refractivity contribution in [2.75, 3.05) is 11.6 Å². The molecular weight excluding hydrogens is 322 g/mol. The molecule has 0 amide bonds. The molecule has 2 rings (SSSR count). The number of benzene rings is 2. The summed E-state index contributed by atoms with van der Waals surface area (Å²) in [5.74, 6) is 0.302. The number of rotatable bonds is 5. The van der Waals surface area contributed by atoms with E-state index in [4.69, 9.17) is 5.73 Å². The molecule has 0 saturated carbocycles. The summed E-state index contributed by atoms with van der Waals surface area (Å²) in [6.45, 7) is 4.42. The average molecular weight is 345 g/mol. The van der Waals surface area contributed by atoms with Gasteiger partial charge in [-0.05, 0) is 48.2 Å². The number of sulfone groups is 1. The normalized spacial score (nSPS) is 12.2. The van der Waals surface area contributed by atoms with Gasteiger partial charge >= 0.3 is 0 Å². The van der Waals surface area contributed by atoms with Crippen LogP contribution in [0.5, 0.6) is 0 Å². The highest BCUT2D eigenvalue weighted by Crippen LogP contribution is 2.15. The maximum Gasteiger partial charge on any atom is 0.193 e. The van der Waals surface area contributed by atoms with Crippen molar-refractivity contribution in [2.24, 2.45) is 10.7 Å². The van der Waals surface area contributed by atoms with Crippen LogP contribution < -0.4 is 11.1 Å². The Bertz CT molecular complexity index is 858. The minimum absolute atomic E-state index is 0.00316. The van der Waals surface area contributed by atoms with E-state index in [-0.39, 0.29) is 5.75 Å². The summed E-state index contributed by atoms with van der Waals surface area (Å²) in [5.41, 5.74) is 10.8. The zero-order chi connectivity index (χ0) is 17.7. The number of hydrogen-bond donors (Lipinski definition) is 2. The number of hydrogen-bond acceptors (Lipinski definition) is 3. The molecule has 0 aliphatic rings. The first-order valence-corrected chi connectivity index (χ1v) is 9.69. The molecule has 0 fully saturated rings. The topological polar surface area (TPSA) is 84.5 Å². The fraction of sp³-hybridized carbons (Fsp3) is 0.278. The first kappa shape index (κ1) is 18.0. The Morgan fingerprint density at radius 3 is 2.38 bits per heavy atom. The predicted octanol–water partition coefficient (Wildman–Crippen LogP) is 2.77. The quantitative estimate of drug-likeness (QED) is 0.644. The van der Waals surface area contributed by atoms with Gasteiger partial charge in [-0.2, -0.15) is 0 Å². The van der Waals surface area contributed by atoms with Crippen LogP contribution in [0.4, 0.5) is 5.69 Å². The molecular formula is C18H23N3O2S. The number of guanidine groups is 1. The highest BCUT2D eigenvalue weighted by Gasteiger charge is 2.08. The summed E-state index contributed by atoms with van der Waals surface area (Å²) in [4.78, 5) is 4.32. The van der Waals surface area contributed by atoms with Gasteiger partial charge in [0, 0.05) is 11.9 Å². The van der Waals surface area contributed by atoms with Gasteiger partial charge in [-0.15, -0.1) is 0 Å². The molecule has 0 atom stereocenters. The van der Waals surface area contributed by atoms with Crippen LogP contribution in [0.15, 0.2) is 47.5 Å². The lowest BCUT2D eigenvalue weighted by atomic mass is 10.1. The van der Waals surface area contributed by atoms with Crippen molar-refractivity contribution in [3.05, 3.63) is 64.7 Å². The number of anilines is 1. The van der Waals surface area contributed by atoms with Crippen LogP contribution in [0.1, 0.15) is 22.3 Å². The molecule has 24 heavy (non-hydrogen) atoms. The van der Waals surface area contributed by atoms with E-state index in [1.165, 1.54) is 17.4 Å². The van der Waals surface area contributed by atoms with Crippen molar-refractivity contribution in [1.29, 1.82) is 0 Å². The van der Waals surface area contributed by atoms with E-state index in [2.05, 4.69) is 17.2 Å². The molecule has 0 spiro atoms. The molecule has 2 aromatic rings. The summed E-state index contributed by atoms with van der Waals surface area (Å²) in [6, 6.07) is 13.3. The van der Waals surface area contributed by atoms with Crippen LogP contribution >= 0.6 is 0 Å². The third-order valence-corrected chi connectivity index (χ3v) is 4.57. The second-order valence-corrected chi connectivity index (χ2v) is 8.10. The van der Waals surface area contributed by atoms with Crippen molar-refractivity contribution in [3.63, 3.8) is 0 Å². The van der Waals surface area contributed by atoms with Gasteiger partial charge in [0.1, 0.15) is 0 Å². The van der Waals surface area contributed by atoms with Crippen molar-refractivity contribution in [1.82, 2.24) is 0 Å². The van der Waals surface area contributed by atoms with Crippen LogP contribution in [-0.2, 0) is 22.1 Å². The number of aliphatic imine (C=N–C) groups is 1. The molecule has 0 aromatic heterocycles. The van der Waals surface area contributed by atoms with Gasteiger partial charge in [0.2, 0.25) is 0 Å². The predicted molar refractivity (Wildman–Crippen MR) is 99.9 cm³/mol. The Kier molecular flexibility index (Phi) is 5.62. The van der Waals surface area contributed by atoms with Gasteiger partial charge in [0.05, 0.1) is 12.3 Å². The molecule has 0 saturated heterocycles. The van der Waals surface area contributed by atoms with Gasteiger partial charge < -0.3 is 11.1 Å². The smallest absolute Gasteiger partial charge is 0.193 e. The first-order valence-electron chi connectivity index (χ1n) is 7.63. The molecule has 0 unspecified atom stereocenters. The second kappa shape index (κ2) is 7.49. The minimum Gasteiger partial charge on any atom is -0.370 e. The molecule has 6 heteroatoms. The molecule has 0 radical (unpaired) electrons. The van der Waals surface area contributed by atoms with Crippen LogP contribution in [0.25, 0.3) is 0 Å². The van der Waals surface area contributed by atoms with Gasteiger partial charge in [-0.25, -0.2) is 13.4 Å². The van der Waals surface area contributed by atoms with E-state index in [9.17, 15) is 8.42 Å². The number of aryl methyl sites for hydroxylation is 2. The summed E-state index contributed by atoms with van der Waals surface area (Å²) in [5, 5.41) is 3.06. The van der Waals surface area contributed by atoms with Crippen LogP contribution in [-0.4, -0.2) is 20.6 Å². The first-order chi connectivity index (χ1) is 11.2. The lowest BCUT2D eigenvalue weighted by molar-refractivity contribution is 0.601. The Labute approximate surface area is 143 Å². The SMILES string of the molecule is Cc1ccc(NC(N)=NCc2ccccc2CS(C)(=O)=O)cc1C. The Hall–Kier alpha value is -2.34. The maximum absolute atomic E-state index is 11.5. The third-order valence-electron chi connectivity index (χ3n) is 3.74. The summed E-state index contributed by atoms with van der Waals surface area (Å²) >= 11 is 0. The average Bonchev–Trinajstić information content (AvgIpc) is 2.48. The van der Waals surface area contributed by atoms with Gasteiger partial charge in [-0.1, -0.05) is 30.3 Å². The molecule has 0 aliphatic heterocycles. The summed E-state index contributed by atoms with van der Waals surface area (Å²) in [6.07, 6.45) is 1.22. The molecule has 0 heterocycles.